The molecule has 0 spiro atoms. The lowest BCUT2D eigenvalue weighted by molar-refractivity contribution is -0.384. The van der Waals surface area contributed by atoms with Crippen LogP contribution in [0.25, 0.3) is 0 Å². The van der Waals surface area contributed by atoms with E-state index in [1.807, 2.05) is 18.2 Å². The number of benzene rings is 3. The van der Waals surface area contributed by atoms with Crippen LogP contribution in [-0.4, -0.2) is 29.1 Å². The maximum absolute atomic E-state index is 12.2. The van der Waals surface area contributed by atoms with E-state index in [0.717, 1.165) is 0 Å². The summed E-state index contributed by atoms with van der Waals surface area (Å²) in [5, 5.41) is 17.5. The maximum atomic E-state index is 12.2. The standard InChI is InChI=1S/C23H20N4O5/c1-16(25-26-23(29)17-10-12-20(13-11-17)27(30)31)18-6-5-7-19(14-18)24-22(28)15-32-21-8-3-2-4-9-21/h2-14H,15H2,1H3,(H,24,28)(H,26,29)/b25-16+. The molecule has 3 aromatic carbocycles. The molecule has 2 amide bonds. The summed E-state index contributed by atoms with van der Waals surface area (Å²) in [7, 11) is 0. The topological polar surface area (TPSA) is 123 Å². The van der Waals surface area contributed by atoms with Crippen LogP contribution in [0.5, 0.6) is 5.75 Å². The molecule has 0 aliphatic carbocycles. The van der Waals surface area contributed by atoms with Gasteiger partial charge >= 0.3 is 0 Å². The van der Waals surface area contributed by atoms with E-state index in [1.165, 1.54) is 24.3 Å². The van der Waals surface area contributed by atoms with Gasteiger partial charge in [0, 0.05) is 23.4 Å². The number of amides is 2. The van der Waals surface area contributed by atoms with Crippen LogP contribution in [0.15, 0.2) is 84.0 Å². The first kappa shape index (κ1) is 22.2. The second-order valence-corrected chi connectivity index (χ2v) is 6.67. The summed E-state index contributed by atoms with van der Waals surface area (Å²) < 4.78 is 5.42. The molecule has 0 saturated heterocycles. The number of nitro groups is 1. The van der Waals surface area contributed by atoms with E-state index in [1.54, 1.807) is 43.3 Å². The molecule has 0 bridgehead atoms. The number of nitrogens with zero attached hydrogens (tertiary/aromatic N) is 2. The number of anilines is 1. The number of carbonyl (C=O) groups is 2. The summed E-state index contributed by atoms with van der Waals surface area (Å²) in [5.74, 6) is -0.211. The largest absolute Gasteiger partial charge is 0.484 e. The number of nitrogens with one attached hydrogen (secondary N) is 2. The Balaban J connectivity index is 1.58. The Labute approximate surface area is 183 Å². The van der Waals surface area contributed by atoms with Crippen LogP contribution in [0.1, 0.15) is 22.8 Å². The van der Waals surface area contributed by atoms with Crippen molar-refractivity contribution >= 4 is 28.9 Å². The molecule has 0 aromatic heterocycles. The minimum absolute atomic E-state index is 0.103. The van der Waals surface area contributed by atoms with Gasteiger partial charge in [-0.15, -0.1) is 0 Å². The van der Waals surface area contributed by atoms with Crippen LogP contribution in [-0.2, 0) is 4.79 Å². The zero-order chi connectivity index (χ0) is 22.9. The molecule has 0 saturated carbocycles. The Morgan fingerprint density at radius 1 is 0.969 bits per heavy atom. The quantitative estimate of drug-likeness (QED) is 0.319. The molecule has 9 heteroatoms. The summed E-state index contributed by atoms with van der Waals surface area (Å²) in [6.07, 6.45) is 0. The molecule has 9 nitrogen and oxygen atoms in total. The normalized spacial score (nSPS) is 10.8. The van der Waals surface area contributed by atoms with Gasteiger partial charge in [0.25, 0.3) is 17.5 Å². The van der Waals surface area contributed by atoms with Crippen molar-refractivity contribution in [1.29, 1.82) is 0 Å². The van der Waals surface area contributed by atoms with Gasteiger partial charge in [-0.25, -0.2) is 5.43 Å². The highest BCUT2D eigenvalue weighted by Gasteiger charge is 2.10. The highest BCUT2D eigenvalue weighted by molar-refractivity contribution is 6.02. The van der Waals surface area contributed by atoms with Crippen LogP contribution < -0.4 is 15.5 Å². The fourth-order valence-corrected chi connectivity index (χ4v) is 2.68. The minimum atomic E-state index is -0.538. The van der Waals surface area contributed by atoms with E-state index in [2.05, 4.69) is 15.8 Å². The highest BCUT2D eigenvalue weighted by Crippen LogP contribution is 2.14. The van der Waals surface area contributed by atoms with Crippen LogP contribution in [0.3, 0.4) is 0 Å². The van der Waals surface area contributed by atoms with E-state index < -0.39 is 10.8 Å². The Morgan fingerprint density at radius 2 is 1.69 bits per heavy atom. The molecule has 3 aromatic rings. The number of para-hydroxylation sites is 1. The zero-order valence-corrected chi connectivity index (χ0v) is 17.1. The van der Waals surface area contributed by atoms with Crippen molar-refractivity contribution in [2.24, 2.45) is 5.10 Å². The van der Waals surface area contributed by atoms with Gasteiger partial charge in [-0.3, -0.25) is 19.7 Å². The summed E-state index contributed by atoms with van der Waals surface area (Å²) in [5.41, 5.74) is 4.31. The number of ether oxygens (including phenoxy) is 1. The number of carbonyl (C=O) groups excluding carboxylic acids is 2. The van der Waals surface area contributed by atoms with Gasteiger partial charge in [0.2, 0.25) is 0 Å². The second kappa shape index (κ2) is 10.5. The highest BCUT2D eigenvalue weighted by atomic mass is 16.6. The van der Waals surface area contributed by atoms with Gasteiger partial charge in [-0.1, -0.05) is 30.3 Å². The third-order valence-corrected chi connectivity index (χ3v) is 4.34. The number of hydrazone groups is 1. The Morgan fingerprint density at radius 3 is 2.38 bits per heavy atom. The van der Waals surface area contributed by atoms with Crippen molar-refractivity contribution in [3.63, 3.8) is 0 Å². The molecule has 32 heavy (non-hydrogen) atoms. The van der Waals surface area contributed by atoms with Crippen LogP contribution in [0.2, 0.25) is 0 Å². The monoisotopic (exact) mass is 432 g/mol. The first-order valence-electron chi connectivity index (χ1n) is 9.59. The van der Waals surface area contributed by atoms with Crippen molar-refractivity contribution in [2.75, 3.05) is 11.9 Å². The molecule has 0 aliphatic rings. The van der Waals surface area contributed by atoms with Crippen LogP contribution in [0, 0.1) is 10.1 Å². The summed E-state index contributed by atoms with van der Waals surface area (Å²) in [6.45, 7) is 1.57. The molecule has 2 N–H and O–H groups in total. The van der Waals surface area contributed by atoms with Gasteiger partial charge in [0.1, 0.15) is 5.75 Å². The molecule has 162 valence electrons. The lowest BCUT2D eigenvalue weighted by Crippen LogP contribution is -2.20. The minimum Gasteiger partial charge on any atom is -0.484 e. The number of hydrogen-bond acceptors (Lipinski definition) is 6. The Bertz CT molecular complexity index is 1140. The molecule has 0 aliphatic heterocycles. The van der Waals surface area contributed by atoms with Crippen molar-refractivity contribution in [2.45, 2.75) is 6.92 Å². The molecule has 3 rings (SSSR count). The van der Waals surface area contributed by atoms with E-state index in [0.29, 0.717) is 22.7 Å². The average Bonchev–Trinajstić information content (AvgIpc) is 2.82. The SMILES string of the molecule is C/C(=N\NC(=O)c1ccc([N+](=O)[O-])cc1)c1cccc(NC(=O)COc2ccccc2)c1. The lowest BCUT2D eigenvalue weighted by Gasteiger charge is -2.09. The number of hydrogen-bond donors (Lipinski definition) is 2. The van der Waals surface area contributed by atoms with Crippen LogP contribution >= 0.6 is 0 Å². The van der Waals surface area contributed by atoms with Gasteiger partial charge in [0.05, 0.1) is 10.6 Å². The summed E-state index contributed by atoms with van der Waals surface area (Å²) in [6, 6.07) is 21.2. The van der Waals surface area contributed by atoms with Gasteiger partial charge in [-0.05, 0) is 48.9 Å². The fraction of sp³-hybridized carbons (Fsp3) is 0.0870. The van der Waals surface area contributed by atoms with E-state index in [4.69, 9.17) is 4.74 Å². The van der Waals surface area contributed by atoms with Crippen molar-refractivity contribution in [1.82, 2.24) is 5.43 Å². The molecular weight excluding hydrogens is 412 g/mol. The third-order valence-electron chi connectivity index (χ3n) is 4.34. The Hall–Kier alpha value is -4.53. The third kappa shape index (κ3) is 6.23. The van der Waals surface area contributed by atoms with Gasteiger partial charge < -0.3 is 10.1 Å². The molecule has 0 heterocycles. The van der Waals surface area contributed by atoms with Crippen LogP contribution in [0.4, 0.5) is 11.4 Å². The number of nitro benzene ring substituents is 1. The Kier molecular flexibility index (Phi) is 7.26. The zero-order valence-electron chi connectivity index (χ0n) is 17.1. The first-order chi connectivity index (χ1) is 15.4. The van der Waals surface area contributed by atoms with Gasteiger partial charge in [0.15, 0.2) is 6.61 Å². The van der Waals surface area contributed by atoms with E-state index in [9.17, 15) is 19.7 Å². The van der Waals surface area contributed by atoms with Crippen molar-refractivity contribution in [3.05, 3.63) is 100 Å². The number of rotatable bonds is 8. The van der Waals surface area contributed by atoms with E-state index >= 15 is 0 Å². The first-order valence-corrected chi connectivity index (χ1v) is 9.59. The smallest absolute Gasteiger partial charge is 0.271 e. The molecule has 0 unspecified atom stereocenters. The predicted molar refractivity (Wildman–Crippen MR) is 120 cm³/mol. The predicted octanol–water partition coefficient (Wildman–Crippen LogP) is 3.77. The molecule has 0 radical (unpaired) electrons. The molecular formula is C23H20N4O5. The molecule has 0 fully saturated rings. The summed E-state index contributed by atoms with van der Waals surface area (Å²) >= 11 is 0. The average molecular weight is 432 g/mol. The molecule has 0 atom stereocenters. The van der Waals surface area contributed by atoms with Crippen molar-refractivity contribution < 1.29 is 19.2 Å². The fourth-order valence-electron chi connectivity index (χ4n) is 2.68. The van der Waals surface area contributed by atoms with E-state index in [-0.39, 0.29) is 23.8 Å². The van der Waals surface area contributed by atoms with Crippen molar-refractivity contribution in [3.8, 4) is 5.75 Å². The number of non-ortho nitro benzene ring substituents is 1. The summed E-state index contributed by atoms with van der Waals surface area (Å²) in [4.78, 5) is 34.5. The maximum Gasteiger partial charge on any atom is 0.271 e. The second-order valence-electron chi connectivity index (χ2n) is 6.67. The van der Waals surface area contributed by atoms with Gasteiger partial charge in [-0.2, -0.15) is 5.10 Å². The lowest BCUT2D eigenvalue weighted by atomic mass is 10.1.